The number of sulfone groups is 1. The Morgan fingerprint density at radius 1 is 1.16 bits per heavy atom. The van der Waals surface area contributed by atoms with Gasteiger partial charge >= 0.3 is 6.09 Å². The van der Waals surface area contributed by atoms with E-state index in [2.05, 4.69) is 4.72 Å². The lowest BCUT2D eigenvalue weighted by Gasteiger charge is -2.38. The summed E-state index contributed by atoms with van der Waals surface area (Å²) in [5.74, 6) is -0.423. The van der Waals surface area contributed by atoms with Crippen molar-refractivity contribution in [3.63, 3.8) is 0 Å². The number of halogens is 1. The van der Waals surface area contributed by atoms with Crippen molar-refractivity contribution in [1.82, 2.24) is 9.62 Å². The summed E-state index contributed by atoms with van der Waals surface area (Å²) in [7, 11) is -4.30. The van der Waals surface area contributed by atoms with Crippen LogP contribution in [0.3, 0.4) is 0 Å². The summed E-state index contributed by atoms with van der Waals surface area (Å²) < 4.78 is 61.8. The summed E-state index contributed by atoms with van der Waals surface area (Å²) in [6.45, 7) is 11.1. The summed E-state index contributed by atoms with van der Waals surface area (Å²) in [6.07, 6.45) is 0.277. The molecule has 1 fully saturated rings. The minimum atomic E-state index is -4.30. The number of carbonyl (C=O) groups is 1. The highest BCUT2D eigenvalue weighted by molar-refractivity contribution is 7.92. The van der Waals surface area contributed by atoms with Gasteiger partial charge in [0.25, 0.3) is 0 Å². The van der Waals surface area contributed by atoms with E-state index in [0.29, 0.717) is 25.9 Å². The van der Waals surface area contributed by atoms with Gasteiger partial charge < -0.3 is 14.2 Å². The Hall–Kier alpha value is -1.36. The Labute approximate surface area is 194 Å². The monoisotopic (exact) mass is 490 g/mol. The van der Waals surface area contributed by atoms with Crippen LogP contribution in [0, 0.1) is 5.92 Å². The minimum absolute atomic E-state index is 0.118. The molecular weight excluding hydrogens is 455 g/mol. The molecule has 182 valence electrons. The Kier molecular flexibility index (Phi) is 8.63. The Bertz CT molecular complexity index is 861. The van der Waals surface area contributed by atoms with Crippen molar-refractivity contribution in [2.45, 2.75) is 81.2 Å². The first kappa shape index (κ1) is 26.9. The SMILES string of the molecule is CC(C)(C)OC(=O)N1CCC([C@@H](N[S@@+]([O-])C(C)(C)C)[C@@H](F)S(=O)(=O)c2ccccc2)CC1. The average molecular weight is 491 g/mol. The van der Waals surface area contributed by atoms with E-state index in [1.54, 1.807) is 52.5 Å². The van der Waals surface area contributed by atoms with Gasteiger partial charge in [0.2, 0.25) is 15.3 Å². The fourth-order valence-corrected chi connectivity index (χ4v) is 5.84. The molecule has 32 heavy (non-hydrogen) atoms. The molecule has 1 saturated heterocycles. The van der Waals surface area contributed by atoms with E-state index in [1.165, 1.54) is 24.3 Å². The number of alkyl halides is 1. The highest BCUT2D eigenvalue weighted by Gasteiger charge is 2.45. The summed E-state index contributed by atoms with van der Waals surface area (Å²) in [5, 5.41) is 0. The van der Waals surface area contributed by atoms with Crippen LogP contribution in [0.1, 0.15) is 54.4 Å². The number of piperidine rings is 1. The van der Waals surface area contributed by atoms with Gasteiger partial charge in [-0.25, -0.2) is 17.6 Å². The smallest absolute Gasteiger partial charge is 0.410 e. The molecule has 1 aliphatic rings. The molecule has 1 amide bonds. The molecule has 0 spiro atoms. The van der Waals surface area contributed by atoms with Gasteiger partial charge in [0.1, 0.15) is 16.4 Å². The van der Waals surface area contributed by atoms with Gasteiger partial charge in [0.15, 0.2) is 0 Å². The number of hydrogen-bond donors (Lipinski definition) is 1. The maximum Gasteiger partial charge on any atom is 0.410 e. The van der Waals surface area contributed by atoms with E-state index in [4.69, 9.17) is 4.74 Å². The third-order valence-electron chi connectivity index (χ3n) is 5.15. The maximum absolute atomic E-state index is 15.7. The third kappa shape index (κ3) is 7.07. The average Bonchev–Trinajstić information content (AvgIpc) is 2.70. The first-order chi connectivity index (χ1) is 14.6. The van der Waals surface area contributed by atoms with Crippen LogP contribution in [-0.4, -0.2) is 58.9 Å². The minimum Gasteiger partial charge on any atom is -0.598 e. The Morgan fingerprint density at radius 2 is 1.69 bits per heavy atom. The third-order valence-corrected chi connectivity index (χ3v) is 8.56. The van der Waals surface area contributed by atoms with Crippen molar-refractivity contribution in [2.75, 3.05) is 13.1 Å². The number of benzene rings is 1. The van der Waals surface area contributed by atoms with E-state index in [1.807, 2.05) is 0 Å². The van der Waals surface area contributed by atoms with Crippen molar-refractivity contribution in [1.29, 1.82) is 0 Å². The molecule has 0 aromatic heterocycles. The van der Waals surface area contributed by atoms with Gasteiger partial charge in [-0.15, -0.1) is 4.72 Å². The number of nitrogens with one attached hydrogen (secondary N) is 1. The summed E-state index contributed by atoms with van der Waals surface area (Å²) in [4.78, 5) is 13.8. The van der Waals surface area contributed by atoms with Crippen molar-refractivity contribution in [3.8, 4) is 0 Å². The van der Waals surface area contributed by atoms with E-state index in [-0.39, 0.29) is 4.90 Å². The van der Waals surface area contributed by atoms with Crippen LogP contribution in [0.2, 0.25) is 0 Å². The number of rotatable bonds is 6. The molecule has 1 N–H and O–H groups in total. The highest BCUT2D eigenvalue weighted by atomic mass is 32.2. The number of ether oxygens (including phenoxy) is 1. The second-order valence-electron chi connectivity index (χ2n) is 10.0. The fraction of sp³-hybridized carbons (Fsp3) is 0.682. The van der Waals surface area contributed by atoms with Crippen LogP contribution in [0.15, 0.2) is 35.2 Å². The molecule has 0 saturated carbocycles. The van der Waals surface area contributed by atoms with Gasteiger partial charge in [-0.05, 0) is 72.4 Å². The molecule has 7 nitrogen and oxygen atoms in total. The maximum atomic E-state index is 15.7. The lowest BCUT2D eigenvalue weighted by Crippen LogP contribution is -2.55. The Balaban J connectivity index is 2.22. The second kappa shape index (κ2) is 10.3. The fourth-order valence-electron chi connectivity index (χ4n) is 3.36. The molecule has 10 heteroatoms. The van der Waals surface area contributed by atoms with Crippen LogP contribution in [0.5, 0.6) is 0 Å². The number of amides is 1. The van der Waals surface area contributed by atoms with Gasteiger partial charge in [0, 0.05) is 24.5 Å². The van der Waals surface area contributed by atoms with Gasteiger partial charge in [-0.1, -0.05) is 18.2 Å². The predicted octanol–water partition coefficient (Wildman–Crippen LogP) is 3.82. The largest absolute Gasteiger partial charge is 0.598 e. The quantitative estimate of drug-likeness (QED) is 0.609. The summed E-state index contributed by atoms with van der Waals surface area (Å²) in [5.41, 5.74) is -2.91. The molecule has 1 aromatic carbocycles. The summed E-state index contributed by atoms with van der Waals surface area (Å²) >= 11 is -1.67. The molecule has 1 aliphatic heterocycles. The van der Waals surface area contributed by atoms with Crippen LogP contribution in [0.25, 0.3) is 0 Å². The first-order valence-corrected chi connectivity index (χ1v) is 13.4. The molecule has 3 atom stereocenters. The molecule has 0 bridgehead atoms. The molecule has 2 rings (SSSR count). The van der Waals surface area contributed by atoms with Gasteiger partial charge in [0.05, 0.1) is 4.90 Å². The van der Waals surface area contributed by atoms with Crippen LogP contribution in [-0.2, 0) is 25.9 Å². The highest BCUT2D eigenvalue weighted by Crippen LogP contribution is 2.31. The Morgan fingerprint density at radius 3 is 2.16 bits per heavy atom. The predicted molar refractivity (Wildman–Crippen MR) is 124 cm³/mol. The number of likely N-dealkylation sites (tertiary alicyclic amines) is 1. The van der Waals surface area contributed by atoms with E-state index < -0.39 is 55.1 Å². The van der Waals surface area contributed by atoms with Crippen molar-refractivity contribution in [2.24, 2.45) is 5.92 Å². The lowest BCUT2D eigenvalue weighted by atomic mass is 9.90. The zero-order valence-electron chi connectivity index (χ0n) is 19.6. The number of hydrogen-bond acceptors (Lipinski definition) is 6. The van der Waals surface area contributed by atoms with Crippen molar-refractivity contribution in [3.05, 3.63) is 30.3 Å². The van der Waals surface area contributed by atoms with Crippen LogP contribution in [0.4, 0.5) is 9.18 Å². The summed E-state index contributed by atoms with van der Waals surface area (Å²) in [6, 6.07) is 6.25. The zero-order chi connectivity index (χ0) is 24.3. The van der Waals surface area contributed by atoms with Gasteiger partial charge in [-0.2, -0.15) is 0 Å². The molecule has 0 radical (unpaired) electrons. The molecule has 0 unspecified atom stereocenters. The standard InChI is InChI=1S/C22H35FN2O5S2/c1-21(2,3)30-20(26)25-14-12-16(13-15-25)18(24-31(27)22(4,5)6)19(23)32(28,29)17-10-8-7-9-11-17/h7-11,16,18-19,24H,12-15H2,1-6H3/t18-,19+,31+/m1/s1. The molecule has 1 heterocycles. The van der Waals surface area contributed by atoms with Crippen molar-refractivity contribution >= 4 is 27.3 Å². The lowest BCUT2D eigenvalue weighted by molar-refractivity contribution is 0.0165. The number of carbonyl (C=O) groups excluding carboxylic acids is 1. The normalized spacial score (nSPS) is 19.3. The number of nitrogens with zero attached hydrogens (tertiary/aromatic N) is 1. The molecule has 1 aromatic rings. The van der Waals surface area contributed by atoms with E-state index in [9.17, 15) is 17.8 Å². The second-order valence-corrected chi connectivity index (χ2v) is 14.0. The van der Waals surface area contributed by atoms with E-state index >= 15 is 4.39 Å². The topological polar surface area (TPSA) is 98.8 Å². The zero-order valence-corrected chi connectivity index (χ0v) is 21.3. The van der Waals surface area contributed by atoms with Crippen molar-refractivity contribution < 1.29 is 26.9 Å². The molecule has 0 aliphatic carbocycles. The molecular formula is C22H35FN2O5S2. The van der Waals surface area contributed by atoms with Crippen LogP contribution >= 0.6 is 0 Å². The van der Waals surface area contributed by atoms with E-state index in [0.717, 1.165) is 0 Å². The van der Waals surface area contributed by atoms with Crippen LogP contribution < -0.4 is 4.72 Å². The first-order valence-electron chi connectivity index (χ1n) is 10.7. The van der Waals surface area contributed by atoms with Gasteiger partial charge in [-0.3, -0.25) is 0 Å².